The summed E-state index contributed by atoms with van der Waals surface area (Å²) < 4.78 is 28.8. The highest BCUT2D eigenvalue weighted by Gasteiger charge is 2.32. The van der Waals surface area contributed by atoms with E-state index in [0.29, 0.717) is 12.1 Å². The predicted octanol–water partition coefficient (Wildman–Crippen LogP) is 4.87. The Labute approximate surface area is 232 Å². The van der Waals surface area contributed by atoms with Crippen molar-refractivity contribution in [3.8, 4) is 0 Å². The number of anilines is 1. The van der Waals surface area contributed by atoms with Gasteiger partial charge < -0.3 is 10.2 Å². The van der Waals surface area contributed by atoms with Crippen molar-refractivity contribution in [1.82, 2.24) is 10.2 Å². The Bertz CT molecular complexity index is 1340. The van der Waals surface area contributed by atoms with E-state index in [1.54, 1.807) is 43.3 Å². The maximum Gasteiger partial charge on any atom is 0.264 e. The number of benzene rings is 3. The fourth-order valence-electron chi connectivity index (χ4n) is 4.11. The SMILES string of the molecule is CCC(C)NC(=O)C(C)N(CCc1ccccc1)C(=O)CN(c1ccc(C)cc1)S(=O)(=O)c1ccc(C)cc1. The summed E-state index contributed by atoms with van der Waals surface area (Å²) in [4.78, 5) is 28.5. The number of hydrogen-bond donors (Lipinski definition) is 1. The number of sulfonamides is 1. The molecular formula is C31H39N3O4S. The zero-order chi connectivity index (χ0) is 28.6. The summed E-state index contributed by atoms with van der Waals surface area (Å²) >= 11 is 0. The van der Waals surface area contributed by atoms with Crippen LogP contribution in [0, 0.1) is 13.8 Å². The van der Waals surface area contributed by atoms with Crippen LogP contribution in [-0.4, -0.2) is 50.3 Å². The quantitative estimate of drug-likeness (QED) is 0.349. The first kappa shape index (κ1) is 29.9. The minimum absolute atomic E-state index is 0.0444. The van der Waals surface area contributed by atoms with Gasteiger partial charge in [-0.05, 0) is 70.4 Å². The van der Waals surface area contributed by atoms with Crippen LogP contribution < -0.4 is 9.62 Å². The second-order valence-corrected chi connectivity index (χ2v) is 11.8. The highest BCUT2D eigenvalue weighted by Crippen LogP contribution is 2.25. The van der Waals surface area contributed by atoms with Crippen molar-refractivity contribution >= 4 is 27.5 Å². The molecule has 0 bridgehead atoms. The van der Waals surface area contributed by atoms with Crippen molar-refractivity contribution in [2.24, 2.45) is 0 Å². The molecular weight excluding hydrogens is 510 g/mol. The topological polar surface area (TPSA) is 86.8 Å². The molecule has 0 heterocycles. The smallest absolute Gasteiger partial charge is 0.264 e. The Balaban J connectivity index is 1.96. The van der Waals surface area contributed by atoms with Gasteiger partial charge in [0.15, 0.2) is 0 Å². The van der Waals surface area contributed by atoms with Gasteiger partial charge in [-0.2, -0.15) is 0 Å². The molecule has 0 aromatic heterocycles. The monoisotopic (exact) mass is 549 g/mol. The summed E-state index contributed by atoms with van der Waals surface area (Å²) in [5.74, 6) is -0.719. The second kappa shape index (κ2) is 13.4. The Morgan fingerprint density at radius 1 is 0.846 bits per heavy atom. The fourth-order valence-corrected chi connectivity index (χ4v) is 5.53. The standard InChI is InChI=1S/C31H39N3O4S/c1-6-25(4)32-31(36)26(5)33(21-20-27-10-8-7-9-11-27)30(35)22-34(28-16-12-23(2)13-17-28)39(37,38)29-18-14-24(3)15-19-29/h7-19,25-26H,6,20-22H2,1-5H3,(H,32,36). The van der Waals surface area contributed by atoms with E-state index in [-0.39, 0.29) is 23.4 Å². The van der Waals surface area contributed by atoms with Crippen molar-refractivity contribution in [2.75, 3.05) is 17.4 Å². The number of nitrogens with zero attached hydrogens (tertiary/aromatic N) is 2. The Kier molecular flexibility index (Phi) is 10.3. The lowest BCUT2D eigenvalue weighted by Crippen LogP contribution is -2.53. The number of carbonyl (C=O) groups is 2. The van der Waals surface area contributed by atoms with E-state index in [4.69, 9.17) is 0 Å². The van der Waals surface area contributed by atoms with E-state index in [0.717, 1.165) is 27.4 Å². The van der Waals surface area contributed by atoms with E-state index in [1.807, 2.05) is 70.2 Å². The van der Waals surface area contributed by atoms with Crippen molar-refractivity contribution in [2.45, 2.75) is 64.4 Å². The first-order valence-corrected chi connectivity index (χ1v) is 14.8. The van der Waals surface area contributed by atoms with Crippen LogP contribution in [-0.2, 0) is 26.0 Å². The van der Waals surface area contributed by atoms with Gasteiger partial charge in [0.05, 0.1) is 10.6 Å². The normalized spacial score (nSPS) is 12.8. The molecule has 0 spiro atoms. The number of nitrogens with one attached hydrogen (secondary N) is 1. The minimum Gasteiger partial charge on any atom is -0.352 e. The number of carbonyl (C=O) groups excluding carboxylic acids is 2. The molecule has 208 valence electrons. The molecule has 3 rings (SSSR count). The molecule has 0 aliphatic rings. The maximum absolute atomic E-state index is 13.9. The number of hydrogen-bond acceptors (Lipinski definition) is 4. The minimum atomic E-state index is -4.06. The van der Waals surface area contributed by atoms with Crippen LogP contribution in [0.3, 0.4) is 0 Å². The van der Waals surface area contributed by atoms with Crippen LogP contribution >= 0.6 is 0 Å². The van der Waals surface area contributed by atoms with E-state index in [1.165, 1.54) is 4.90 Å². The highest BCUT2D eigenvalue weighted by molar-refractivity contribution is 7.92. The van der Waals surface area contributed by atoms with Gasteiger partial charge in [-0.25, -0.2) is 8.42 Å². The van der Waals surface area contributed by atoms with Gasteiger partial charge in [0.25, 0.3) is 10.0 Å². The zero-order valence-corrected chi connectivity index (χ0v) is 24.2. The molecule has 0 radical (unpaired) electrons. The highest BCUT2D eigenvalue weighted by atomic mass is 32.2. The third-order valence-corrected chi connectivity index (χ3v) is 8.65. The number of rotatable bonds is 12. The summed E-state index contributed by atoms with van der Waals surface area (Å²) in [6, 6.07) is 22.5. The molecule has 0 aliphatic heterocycles. The summed E-state index contributed by atoms with van der Waals surface area (Å²) in [5.41, 5.74) is 3.31. The zero-order valence-electron chi connectivity index (χ0n) is 23.4. The van der Waals surface area contributed by atoms with E-state index >= 15 is 0 Å². The van der Waals surface area contributed by atoms with E-state index in [2.05, 4.69) is 5.32 Å². The first-order chi connectivity index (χ1) is 18.5. The molecule has 7 nitrogen and oxygen atoms in total. The number of aryl methyl sites for hydroxylation is 2. The summed E-state index contributed by atoms with van der Waals surface area (Å²) in [6.07, 6.45) is 1.29. The van der Waals surface area contributed by atoms with Crippen molar-refractivity contribution < 1.29 is 18.0 Å². The lowest BCUT2D eigenvalue weighted by atomic mass is 10.1. The molecule has 39 heavy (non-hydrogen) atoms. The van der Waals surface area contributed by atoms with Gasteiger partial charge in [-0.15, -0.1) is 0 Å². The molecule has 8 heteroatoms. The summed E-state index contributed by atoms with van der Waals surface area (Å²) in [7, 11) is -4.06. The Hall–Kier alpha value is -3.65. The van der Waals surface area contributed by atoms with Gasteiger partial charge in [-0.3, -0.25) is 13.9 Å². The third-order valence-electron chi connectivity index (χ3n) is 6.86. The van der Waals surface area contributed by atoms with Crippen LogP contribution in [0.1, 0.15) is 43.9 Å². The van der Waals surface area contributed by atoms with E-state index < -0.39 is 28.5 Å². The summed E-state index contributed by atoms with van der Waals surface area (Å²) in [5, 5.41) is 2.95. The van der Waals surface area contributed by atoms with Crippen molar-refractivity contribution in [3.05, 3.63) is 95.6 Å². The molecule has 3 aromatic carbocycles. The molecule has 1 N–H and O–H groups in total. The van der Waals surface area contributed by atoms with Gasteiger partial charge in [0.2, 0.25) is 11.8 Å². The summed E-state index contributed by atoms with van der Waals surface area (Å²) in [6.45, 7) is 9.20. The predicted molar refractivity (Wildman–Crippen MR) is 156 cm³/mol. The fraction of sp³-hybridized carbons (Fsp3) is 0.355. The van der Waals surface area contributed by atoms with Gasteiger partial charge in [0.1, 0.15) is 12.6 Å². The average molecular weight is 550 g/mol. The lowest BCUT2D eigenvalue weighted by Gasteiger charge is -2.32. The first-order valence-electron chi connectivity index (χ1n) is 13.3. The molecule has 0 saturated heterocycles. The van der Waals surface area contributed by atoms with Gasteiger partial charge >= 0.3 is 0 Å². The van der Waals surface area contributed by atoms with E-state index in [9.17, 15) is 18.0 Å². The Morgan fingerprint density at radius 2 is 1.41 bits per heavy atom. The lowest BCUT2D eigenvalue weighted by molar-refractivity contribution is -0.139. The average Bonchev–Trinajstić information content (AvgIpc) is 2.93. The van der Waals surface area contributed by atoms with Crippen LogP contribution in [0.25, 0.3) is 0 Å². The molecule has 0 fully saturated rings. The van der Waals surface area contributed by atoms with Gasteiger partial charge in [-0.1, -0.05) is 72.6 Å². The molecule has 3 aromatic rings. The van der Waals surface area contributed by atoms with Gasteiger partial charge in [0, 0.05) is 12.6 Å². The van der Waals surface area contributed by atoms with Crippen LogP contribution in [0.15, 0.2) is 83.8 Å². The second-order valence-electron chi connectivity index (χ2n) is 9.98. The van der Waals surface area contributed by atoms with Crippen LogP contribution in [0.4, 0.5) is 5.69 Å². The molecule has 2 atom stereocenters. The third kappa shape index (κ3) is 7.93. The largest absolute Gasteiger partial charge is 0.352 e. The van der Waals surface area contributed by atoms with Crippen molar-refractivity contribution in [1.29, 1.82) is 0 Å². The maximum atomic E-state index is 13.9. The van der Waals surface area contributed by atoms with Crippen LogP contribution in [0.5, 0.6) is 0 Å². The number of amides is 2. The molecule has 0 saturated carbocycles. The van der Waals surface area contributed by atoms with Crippen LogP contribution in [0.2, 0.25) is 0 Å². The molecule has 0 aliphatic carbocycles. The molecule has 2 unspecified atom stereocenters. The van der Waals surface area contributed by atoms with Crippen molar-refractivity contribution in [3.63, 3.8) is 0 Å². The Morgan fingerprint density at radius 3 is 1.97 bits per heavy atom. The molecule has 2 amide bonds.